The van der Waals surface area contributed by atoms with Crippen molar-refractivity contribution < 1.29 is 9.53 Å². The van der Waals surface area contributed by atoms with E-state index in [0.29, 0.717) is 13.2 Å². The average molecular weight is 372 g/mol. The van der Waals surface area contributed by atoms with Gasteiger partial charge in [0.25, 0.3) is 0 Å². The highest BCUT2D eigenvalue weighted by molar-refractivity contribution is 5.91. The Hall–Kier alpha value is -3.40. The van der Waals surface area contributed by atoms with Crippen LogP contribution in [0.4, 0.5) is 0 Å². The van der Waals surface area contributed by atoms with Crippen LogP contribution in [0.25, 0.3) is 6.08 Å². The van der Waals surface area contributed by atoms with Crippen molar-refractivity contribution in [2.75, 3.05) is 6.54 Å². The number of aromatic nitrogens is 1. The fourth-order valence-corrected chi connectivity index (χ4v) is 2.70. The topological polar surface area (TPSA) is 51.2 Å². The fraction of sp³-hybridized carbons (Fsp3) is 0.167. The number of hydrogen-bond donors (Lipinski definition) is 1. The standard InChI is InChI=1S/C24H24N2O2/c1-19(21-7-3-2-4-8-21)17-26-24(27)15-12-20-10-13-23(14-11-20)28-18-22-9-5-6-16-25-22/h2-16,19H,17-18H2,1H3,(H,26,27)/b15-12+. The molecule has 0 saturated heterocycles. The number of carbonyl (C=O) groups is 1. The lowest BCUT2D eigenvalue weighted by atomic mass is 10.0. The van der Waals surface area contributed by atoms with E-state index >= 15 is 0 Å². The molecule has 0 fully saturated rings. The summed E-state index contributed by atoms with van der Waals surface area (Å²) in [5, 5.41) is 2.94. The van der Waals surface area contributed by atoms with Gasteiger partial charge in [0.05, 0.1) is 5.69 Å². The summed E-state index contributed by atoms with van der Waals surface area (Å²) in [4.78, 5) is 16.3. The third-order valence-electron chi connectivity index (χ3n) is 4.37. The van der Waals surface area contributed by atoms with Gasteiger partial charge in [0.1, 0.15) is 12.4 Å². The Morgan fingerprint density at radius 1 is 1.04 bits per heavy atom. The van der Waals surface area contributed by atoms with Crippen LogP contribution in [0.3, 0.4) is 0 Å². The summed E-state index contributed by atoms with van der Waals surface area (Å²) >= 11 is 0. The lowest BCUT2D eigenvalue weighted by molar-refractivity contribution is -0.116. The van der Waals surface area contributed by atoms with E-state index in [1.807, 2.05) is 60.7 Å². The number of carbonyl (C=O) groups excluding carboxylic acids is 1. The predicted molar refractivity (Wildman–Crippen MR) is 112 cm³/mol. The van der Waals surface area contributed by atoms with Crippen molar-refractivity contribution in [1.82, 2.24) is 10.3 Å². The highest BCUT2D eigenvalue weighted by atomic mass is 16.5. The molecule has 0 aliphatic rings. The van der Waals surface area contributed by atoms with Crippen LogP contribution in [0, 0.1) is 0 Å². The molecule has 1 aromatic heterocycles. The van der Waals surface area contributed by atoms with E-state index in [4.69, 9.17) is 4.74 Å². The minimum Gasteiger partial charge on any atom is -0.487 e. The molecule has 142 valence electrons. The van der Waals surface area contributed by atoms with Crippen LogP contribution in [-0.2, 0) is 11.4 Å². The fourth-order valence-electron chi connectivity index (χ4n) is 2.70. The Morgan fingerprint density at radius 2 is 1.79 bits per heavy atom. The van der Waals surface area contributed by atoms with E-state index in [9.17, 15) is 4.79 Å². The number of nitrogens with one attached hydrogen (secondary N) is 1. The van der Waals surface area contributed by atoms with Gasteiger partial charge >= 0.3 is 0 Å². The van der Waals surface area contributed by atoms with E-state index in [2.05, 4.69) is 29.4 Å². The molecule has 1 amide bonds. The SMILES string of the molecule is CC(CNC(=O)/C=C/c1ccc(OCc2ccccn2)cc1)c1ccccc1. The molecule has 0 aliphatic carbocycles. The monoisotopic (exact) mass is 372 g/mol. The van der Waals surface area contributed by atoms with Crippen molar-refractivity contribution in [3.8, 4) is 5.75 Å². The Kier molecular flexibility index (Phi) is 6.96. The van der Waals surface area contributed by atoms with E-state index in [-0.39, 0.29) is 11.8 Å². The summed E-state index contributed by atoms with van der Waals surface area (Å²) in [5.41, 5.74) is 3.04. The van der Waals surface area contributed by atoms with Crippen molar-refractivity contribution >= 4 is 12.0 Å². The van der Waals surface area contributed by atoms with Crippen molar-refractivity contribution in [1.29, 1.82) is 0 Å². The molecule has 1 N–H and O–H groups in total. The second-order valence-electron chi connectivity index (χ2n) is 6.57. The number of nitrogens with zero attached hydrogens (tertiary/aromatic N) is 1. The Bertz CT molecular complexity index is 891. The first-order chi connectivity index (χ1) is 13.7. The zero-order chi connectivity index (χ0) is 19.6. The molecular weight excluding hydrogens is 348 g/mol. The van der Waals surface area contributed by atoms with Crippen LogP contribution in [0.2, 0.25) is 0 Å². The maximum atomic E-state index is 12.0. The van der Waals surface area contributed by atoms with Gasteiger partial charge in [-0.25, -0.2) is 0 Å². The van der Waals surface area contributed by atoms with E-state index in [0.717, 1.165) is 17.0 Å². The Morgan fingerprint density at radius 3 is 2.50 bits per heavy atom. The minimum absolute atomic E-state index is 0.0988. The number of rotatable bonds is 8. The van der Waals surface area contributed by atoms with Gasteiger partial charge in [0.2, 0.25) is 5.91 Å². The molecule has 2 aromatic carbocycles. The van der Waals surface area contributed by atoms with E-state index in [1.54, 1.807) is 18.3 Å². The van der Waals surface area contributed by atoms with Crippen molar-refractivity contribution in [2.24, 2.45) is 0 Å². The molecule has 0 spiro atoms. The van der Waals surface area contributed by atoms with Gasteiger partial charge in [-0.15, -0.1) is 0 Å². The highest BCUT2D eigenvalue weighted by Crippen LogP contribution is 2.15. The van der Waals surface area contributed by atoms with Gasteiger partial charge in [-0.1, -0.05) is 55.5 Å². The van der Waals surface area contributed by atoms with Crippen molar-refractivity contribution in [3.05, 3.63) is 102 Å². The second-order valence-corrected chi connectivity index (χ2v) is 6.57. The van der Waals surface area contributed by atoms with Crippen molar-refractivity contribution in [2.45, 2.75) is 19.4 Å². The number of benzene rings is 2. The lowest BCUT2D eigenvalue weighted by Gasteiger charge is -2.11. The third-order valence-corrected chi connectivity index (χ3v) is 4.37. The molecule has 1 unspecified atom stereocenters. The van der Waals surface area contributed by atoms with Gasteiger partial charge < -0.3 is 10.1 Å². The maximum absolute atomic E-state index is 12.0. The zero-order valence-corrected chi connectivity index (χ0v) is 15.9. The number of ether oxygens (including phenoxy) is 1. The number of amides is 1. The molecular formula is C24H24N2O2. The van der Waals surface area contributed by atoms with Gasteiger partial charge in [0, 0.05) is 18.8 Å². The van der Waals surface area contributed by atoms with Crippen LogP contribution >= 0.6 is 0 Å². The third kappa shape index (κ3) is 6.09. The molecule has 0 aliphatic heterocycles. The summed E-state index contributed by atoms with van der Waals surface area (Å²) in [6.45, 7) is 3.13. The summed E-state index contributed by atoms with van der Waals surface area (Å²) in [7, 11) is 0. The molecule has 28 heavy (non-hydrogen) atoms. The van der Waals surface area contributed by atoms with Crippen LogP contribution < -0.4 is 10.1 Å². The normalized spacial score (nSPS) is 11.9. The van der Waals surface area contributed by atoms with Crippen LogP contribution in [0.15, 0.2) is 85.1 Å². The molecule has 4 nitrogen and oxygen atoms in total. The molecule has 4 heteroatoms. The lowest BCUT2D eigenvalue weighted by Crippen LogP contribution is -2.25. The first-order valence-electron chi connectivity index (χ1n) is 9.34. The smallest absolute Gasteiger partial charge is 0.244 e. The summed E-state index contributed by atoms with van der Waals surface area (Å²) in [6, 6.07) is 23.5. The molecule has 3 rings (SSSR count). The molecule has 0 radical (unpaired) electrons. The van der Waals surface area contributed by atoms with Crippen LogP contribution in [0.5, 0.6) is 5.75 Å². The van der Waals surface area contributed by atoms with Gasteiger partial charge in [-0.05, 0) is 47.4 Å². The van der Waals surface area contributed by atoms with Gasteiger partial charge in [-0.3, -0.25) is 9.78 Å². The largest absolute Gasteiger partial charge is 0.487 e. The predicted octanol–water partition coefficient (Wildman–Crippen LogP) is 4.59. The highest BCUT2D eigenvalue weighted by Gasteiger charge is 2.05. The molecule has 3 aromatic rings. The molecule has 1 heterocycles. The first kappa shape index (κ1) is 19.4. The Labute approximate surface area is 165 Å². The minimum atomic E-state index is -0.0988. The Balaban J connectivity index is 1.45. The maximum Gasteiger partial charge on any atom is 0.244 e. The van der Waals surface area contributed by atoms with Crippen LogP contribution in [-0.4, -0.2) is 17.4 Å². The van der Waals surface area contributed by atoms with Crippen LogP contribution in [0.1, 0.15) is 29.7 Å². The van der Waals surface area contributed by atoms with E-state index < -0.39 is 0 Å². The molecule has 0 saturated carbocycles. The second kappa shape index (κ2) is 10.1. The summed E-state index contributed by atoms with van der Waals surface area (Å²) in [6.07, 6.45) is 5.10. The summed E-state index contributed by atoms with van der Waals surface area (Å²) in [5.74, 6) is 0.941. The van der Waals surface area contributed by atoms with E-state index in [1.165, 1.54) is 5.56 Å². The van der Waals surface area contributed by atoms with Crippen molar-refractivity contribution in [3.63, 3.8) is 0 Å². The zero-order valence-electron chi connectivity index (χ0n) is 15.9. The average Bonchev–Trinajstić information content (AvgIpc) is 2.76. The number of hydrogen-bond acceptors (Lipinski definition) is 3. The quantitative estimate of drug-likeness (QED) is 0.588. The first-order valence-corrected chi connectivity index (χ1v) is 9.34. The summed E-state index contributed by atoms with van der Waals surface area (Å²) < 4.78 is 5.71. The molecule has 1 atom stereocenters. The molecule has 0 bridgehead atoms. The van der Waals surface area contributed by atoms with Gasteiger partial charge in [-0.2, -0.15) is 0 Å². The van der Waals surface area contributed by atoms with Gasteiger partial charge in [0.15, 0.2) is 0 Å². The number of pyridine rings is 1.